The molecule has 0 atom stereocenters. The highest BCUT2D eigenvalue weighted by atomic mass is 16.7. The average molecular weight is 194 g/mol. The third-order valence-corrected chi connectivity index (χ3v) is 2.04. The Bertz CT molecular complexity index is 287. The number of hydrogen-bond acceptors (Lipinski definition) is 2. The van der Waals surface area contributed by atoms with Crippen LogP contribution >= 0.6 is 0 Å². The second-order valence-electron chi connectivity index (χ2n) is 4.33. The van der Waals surface area contributed by atoms with Crippen LogP contribution < -0.4 is 4.74 Å². The van der Waals surface area contributed by atoms with Crippen LogP contribution in [0.3, 0.4) is 0 Å². The van der Waals surface area contributed by atoms with Crippen molar-refractivity contribution in [3.05, 3.63) is 29.8 Å². The first kappa shape index (κ1) is 11.1. The summed E-state index contributed by atoms with van der Waals surface area (Å²) in [5.74, 6) is 0.860. The fourth-order valence-electron chi connectivity index (χ4n) is 1.18. The standard InChI is InChI=1S/C12H18O2/c1-12(2,3)10-6-5-7-11(8-10)14-9-13-4/h5-8H,9H2,1-4H3. The van der Waals surface area contributed by atoms with Gasteiger partial charge < -0.3 is 9.47 Å². The van der Waals surface area contributed by atoms with Crippen LogP contribution in [0.5, 0.6) is 5.75 Å². The van der Waals surface area contributed by atoms with Crippen LogP contribution in [-0.2, 0) is 10.2 Å². The maximum absolute atomic E-state index is 5.37. The van der Waals surface area contributed by atoms with Crippen LogP contribution in [0.2, 0.25) is 0 Å². The van der Waals surface area contributed by atoms with Gasteiger partial charge in [-0.2, -0.15) is 0 Å². The Kier molecular flexibility index (Phi) is 3.53. The van der Waals surface area contributed by atoms with Crippen LogP contribution in [-0.4, -0.2) is 13.9 Å². The average Bonchev–Trinajstić information content (AvgIpc) is 2.14. The van der Waals surface area contributed by atoms with Crippen LogP contribution in [0.25, 0.3) is 0 Å². The molecule has 0 saturated heterocycles. The van der Waals surface area contributed by atoms with Gasteiger partial charge in [0, 0.05) is 7.11 Å². The maximum Gasteiger partial charge on any atom is 0.188 e. The number of hydrogen-bond donors (Lipinski definition) is 0. The Labute approximate surface area is 85.8 Å². The van der Waals surface area contributed by atoms with Crippen molar-refractivity contribution in [1.29, 1.82) is 0 Å². The Hall–Kier alpha value is -1.02. The van der Waals surface area contributed by atoms with Gasteiger partial charge in [-0.05, 0) is 23.1 Å². The molecule has 0 spiro atoms. The van der Waals surface area contributed by atoms with Gasteiger partial charge in [0.2, 0.25) is 0 Å². The quantitative estimate of drug-likeness (QED) is 0.689. The van der Waals surface area contributed by atoms with Crippen LogP contribution in [0, 0.1) is 0 Å². The minimum absolute atomic E-state index is 0.159. The second-order valence-corrected chi connectivity index (χ2v) is 4.33. The van der Waals surface area contributed by atoms with Crippen LogP contribution in [0.4, 0.5) is 0 Å². The zero-order valence-corrected chi connectivity index (χ0v) is 9.33. The molecule has 0 N–H and O–H groups in total. The van der Waals surface area contributed by atoms with E-state index in [-0.39, 0.29) is 5.41 Å². The Morgan fingerprint density at radius 2 is 1.93 bits per heavy atom. The lowest BCUT2D eigenvalue weighted by molar-refractivity contribution is 0.0510. The third kappa shape index (κ3) is 3.04. The van der Waals surface area contributed by atoms with Crippen LogP contribution in [0.1, 0.15) is 26.3 Å². The number of benzene rings is 1. The summed E-state index contributed by atoms with van der Waals surface area (Å²) >= 11 is 0. The first-order valence-corrected chi connectivity index (χ1v) is 4.76. The molecule has 0 saturated carbocycles. The SMILES string of the molecule is COCOc1cccc(C(C)(C)C)c1. The van der Waals surface area contributed by atoms with Gasteiger partial charge in [0.05, 0.1) is 0 Å². The smallest absolute Gasteiger partial charge is 0.188 e. The Morgan fingerprint density at radius 3 is 2.50 bits per heavy atom. The van der Waals surface area contributed by atoms with Crippen molar-refractivity contribution in [3.8, 4) is 5.75 Å². The fraction of sp³-hybridized carbons (Fsp3) is 0.500. The van der Waals surface area contributed by atoms with Gasteiger partial charge in [-0.25, -0.2) is 0 Å². The summed E-state index contributed by atoms with van der Waals surface area (Å²) < 4.78 is 10.2. The molecule has 2 heteroatoms. The van der Waals surface area contributed by atoms with E-state index in [0.29, 0.717) is 6.79 Å². The molecule has 0 amide bonds. The minimum atomic E-state index is 0.159. The highest BCUT2D eigenvalue weighted by molar-refractivity contribution is 5.32. The molecule has 0 fully saturated rings. The third-order valence-electron chi connectivity index (χ3n) is 2.04. The molecule has 0 aromatic heterocycles. The lowest BCUT2D eigenvalue weighted by Gasteiger charge is -2.19. The van der Waals surface area contributed by atoms with Crippen molar-refractivity contribution in [3.63, 3.8) is 0 Å². The normalized spacial score (nSPS) is 11.4. The van der Waals surface area contributed by atoms with E-state index in [0.717, 1.165) is 5.75 Å². The molecule has 0 bridgehead atoms. The van der Waals surface area contributed by atoms with Gasteiger partial charge >= 0.3 is 0 Å². The molecular weight excluding hydrogens is 176 g/mol. The zero-order valence-electron chi connectivity index (χ0n) is 9.33. The summed E-state index contributed by atoms with van der Waals surface area (Å²) in [5, 5.41) is 0. The van der Waals surface area contributed by atoms with E-state index >= 15 is 0 Å². The molecule has 0 aliphatic rings. The summed E-state index contributed by atoms with van der Waals surface area (Å²) in [6.45, 7) is 6.85. The first-order chi connectivity index (χ1) is 6.54. The summed E-state index contributed by atoms with van der Waals surface area (Å²) in [4.78, 5) is 0. The molecule has 1 rings (SSSR count). The topological polar surface area (TPSA) is 18.5 Å². The van der Waals surface area contributed by atoms with E-state index in [4.69, 9.17) is 9.47 Å². The monoisotopic (exact) mass is 194 g/mol. The summed E-state index contributed by atoms with van der Waals surface area (Å²) in [6.07, 6.45) is 0. The van der Waals surface area contributed by atoms with Gasteiger partial charge in [-0.3, -0.25) is 0 Å². The molecule has 0 unspecified atom stereocenters. The molecule has 14 heavy (non-hydrogen) atoms. The predicted molar refractivity (Wildman–Crippen MR) is 57.6 cm³/mol. The summed E-state index contributed by atoms with van der Waals surface area (Å²) in [5.41, 5.74) is 1.43. The first-order valence-electron chi connectivity index (χ1n) is 4.76. The van der Waals surface area contributed by atoms with E-state index in [1.165, 1.54) is 5.56 Å². The molecule has 0 aliphatic heterocycles. The zero-order chi connectivity index (χ0) is 10.6. The maximum atomic E-state index is 5.37. The molecule has 0 heterocycles. The second kappa shape index (κ2) is 4.47. The molecule has 1 aromatic carbocycles. The number of rotatable bonds is 3. The van der Waals surface area contributed by atoms with Gasteiger partial charge in [-0.1, -0.05) is 32.9 Å². The Balaban J connectivity index is 2.79. The lowest BCUT2D eigenvalue weighted by Crippen LogP contribution is -2.11. The van der Waals surface area contributed by atoms with Crippen molar-refractivity contribution in [1.82, 2.24) is 0 Å². The van der Waals surface area contributed by atoms with Crippen molar-refractivity contribution < 1.29 is 9.47 Å². The molecule has 78 valence electrons. The van der Waals surface area contributed by atoms with E-state index in [1.807, 2.05) is 12.1 Å². The minimum Gasteiger partial charge on any atom is -0.468 e. The Morgan fingerprint density at radius 1 is 1.21 bits per heavy atom. The summed E-state index contributed by atoms with van der Waals surface area (Å²) in [6, 6.07) is 8.11. The summed E-state index contributed by atoms with van der Waals surface area (Å²) in [7, 11) is 1.62. The van der Waals surface area contributed by atoms with Crippen molar-refractivity contribution in [2.24, 2.45) is 0 Å². The molecule has 0 aliphatic carbocycles. The van der Waals surface area contributed by atoms with Gasteiger partial charge in [0.25, 0.3) is 0 Å². The molecule has 0 radical (unpaired) electrons. The highest BCUT2D eigenvalue weighted by Crippen LogP contribution is 2.25. The van der Waals surface area contributed by atoms with Crippen molar-refractivity contribution >= 4 is 0 Å². The lowest BCUT2D eigenvalue weighted by atomic mass is 9.87. The highest BCUT2D eigenvalue weighted by Gasteiger charge is 2.13. The molecule has 2 nitrogen and oxygen atoms in total. The molecule has 1 aromatic rings. The van der Waals surface area contributed by atoms with Gasteiger partial charge in [0.15, 0.2) is 6.79 Å². The van der Waals surface area contributed by atoms with Gasteiger partial charge in [0.1, 0.15) is 5.75 Å². The predicted octanol–water partition coefficient (Wildman–Crippen LogP) is 2.97. The van der Waals surface area contributed by atoms with E-state index in [1.54, 1.807) is 7.11 Å². The van der Waals surface area contributed by atoms with Gasteiger partial charge in [-0.15, -0.1) is 0 Å². The van der Waals surface area contributed by atoms with Crippen LogP contribution in [0.15, 0.2) is 24.3 Å². The fourth-order valence-corrected chi connectivity index (χ4v) is 1.18. The van der Waals surface area contributed by atoms with E-state index in [2.05, 4.69) is 32.9 Å². The number of methoxy groups -OCH3 is 1. The van der Waals surface area contributed by atoms with Crippen molar-refractivity contribution in [2.75, 3.05) is 13.9 Å². The molecular formula is C12H18O2. The number of ether oxygens (including phenoxy) is 2. The van der Waals surface area contributed by atoms with E-state index < -0.39 is 0 Å². The van der Waals surface area contributed by atoms with E-state index in [9.17, 15) is 0 Å². The largest absolute Gasteiger partial charge is 0.468 e. The van der Waals surface area contributed by atoms with Crippen molar-refractivity contribution in [2.45, 2.75) is 26.2 Å².